The van der Waals surface area contributed by atoms with E-state index in [9.17, 15) is 0 Å². The number of hydrogen-bond donors (Lipinski definition) is 0. The molecule has 1 rings (SSSR count). The Morgan fingerprint density at radius 3 is 3.00 bits per heavy atom. The SMILES string of the molecule is CCCCc1cscc1/C=C\C=S. The zero-order valence-electron chi connectivity index (χ0n) is 7.82. The lowest BCUT2D eigenvalue weighted by Gasteiger charge is -1.97. The molecule has 70 valence electrons. The van der Waals surface area contributed by atoms with Gasteiger partial charge in [-0.15, -0.1) is 0 Å². The number of thiocarbonyl (C=S) groups is 1. The topological polar surface area (TPSA) is 0 Å². The Morgan fingerprint density at radius 1 is 1.46 bits per heavy atom. The maximum atomic E-state index is 4.75. The van der Waals surface area contributed by atoms with E-state index in [1.165, 1.54) is 30.4 Å². The van der Waals surface area contributed by atoms with Crippen molar-refractivity contribution in [2.75, 3.05) is 0 Å². The maximum Gasteiger partial charge on any atom is 0.00137 e. The lowest BCUT2D eigenvalue weighted by Crippen LogP contribution is -1.83. The van der Waals surface area contributed by atoms with Gasteiger partial charge in [0.2, 0.25) is 0 Å². The average Bonchev–Trinajstić information content (AvgIpc) is 2.59. The highest BCUT2D eigenvalue weighted by Gasteiger charge is 1.98. The quantitative estimate of drug-likeness (QED) is 0.521. The van der Waals surface area contributed by atoms with Crippen LogP contribution < -0.4 is 0 Å². The van der Waals surface area contributed by atoms with Gasteiger partial charge in [0.1, 0.15) is 0 Å². The van der Waals surface area contributed by atoms with Gasteiger partial charge in [-0.05, 0) is 34.7 Å². The lowest BCUT2D eigenvalue weighted by atomic mass is 10.1. The van der Waals surface area contributed by atoms with E-state index in [0.29, 0.717) is 0 Å². The predicted molar refractivity (Wildman–Crippen MR) is 65.6 cm³/mol. The third-order valence-electron chi connectivity index (χ3n) is 1.93. The fourth-order valence-electron chi connectivity index (χ4n) is 1.19. The molecule has 0 saturated heterocycles. The monoisotopic (exact) mass is 210 g/mol. The van der Waals surface area contributed by atoms with E-state index in [-0.39, 0.29) is 0 Å². The normalized spacial score (nSPS) is 10.8. The molecule has 0 fully saturated rings. The number of hydrogen-bond acceptors (Lipinski definition) is 2. The summed E-state index contributed by atoms with van der Waals surface area (Å²) in [4.78, 5) is 0. The van der Waals surface area contributed by atoms with Gasteiger partial charge in [-0.2, -0.15) is 11.3 Å². The van der Waals surface area contributed by atoms with Crippen LogP contribution in [0.1, 0.15) is 30.9 Å². The van der Waals surface area contributed by atoms with E-state index in [2.05, 4.69) is 23.8 Å². The molecule has 1 heterocycles. The molecule has 0 aromatic carbocycles. The molecule has 1 aromatic rings. The predicted octanol–water partition coefficient (Wildman–Crippen LogP) is 4.10. The van der Waals surface area contributed by atoms with Crippen LogP contribution in [0.25, 0.3) is 6.08 Å². The number of rotatable bonds is 5. The summed E-state index contributed by atoms with van der Waals surface area (Å²) in [5, 5.41) is 6.07. The molecule has 0 nitrogen and oxygen atoms in total. The first-order valence-corrected chi connectivity index (χ1v) is 5.96. The van der Waals surface area contributed by atoms with Crippen molar-refractivity contribution in [3.63, 3.8) is 0 Å². The second kappa shape index (κ2) is 6.06. The van der Waals surface area contributed by atoms with Crippen LogP contribution in [0.4, 0.5) is 0 Å². The Balaban J connectivity index is 2.65. The summed E-state index contributed by atoms with van der Waals surface area (Å²) >= 11 is 6.52. The molecule has 0 atom stereocenters. The average molecular weight is 210 g/mol. The van der Waals surface area contributed by atoms with Crippen molar-refractivity contribution in [2.24, 2.45) is 0 Å². The third kappa shape index (κ3) is 3.41. The van der Waals surface area contributed by atoms with Crippen LogP contribution in [0.2, 0.25) is 0 Å². The van der Waals surface area contributed by atoms with Gasteiger partial charge >= 0.3 is 0 Å². The van der Waals surface area contributed by atoms with Gasteiger partial charge in [-0.1, -0.05) is 37.7 Å². The van der Waals surface area contributed by atoms with Crippen molar-refractivity contribution < 1.29 is 0 Å². The molecule has 0 amide bonds. The Hall–Kier alpha value is -0.470. The largest absolute Gasteiger partial charge is 0.152 e. The molecule has 0 bridgehead atoms. The molecule has 13 heavy (non-hydrogen) atoms. The zero-order chi connectivity index (χ0) is 9.52. The van der Waals surface area contributed by atoms with E-state index in [4.69, 9.17) is 12.2 Å². The van der Waals surface area contributed by atoms with E-state index in [1.54, 1.807) is 16.7 Å². The first-order valence-electron chi connectivity index (χ1n) is 4.55. The smallest absolute Gasteiger partial charge is 0.00137 e. The summed E-state index contributed by atoms with van der Waals surface area (Å²) < 4.78 is 0. The summed E-state index contributed by atoms with van der Waals surface area (Å²) in [6.07, 6.45) is 7.74. The van der Waals surface area contributed by atoms with Crippen LogP contribution in [0.15, 0.2) is 16.8 Å². The van der Waals surface area contributed by atoms with Crippen molar-refractivity contribution in [1.29, 1.82) is 0 Å². The standard InChI is InChI=1S/C11H14S2/c1-2-3-5-10-8-13-9-11(10)6-4-7-12/h4,6-9H,2-3,5H2,1H3/b6-4-. The van der Waals surface area contributed by atoms with Crippen LogP contribution in [0, 0.1) is 0 Å². The fraction of sp³-hybridized carbons (Fsp3) is 0.364. The molecule has 2 heteroatoms. The van der Waals surface area contributed by atoms with Crippen LogP contribution in [0.3, 0.4) is 0 Å². The van der Waals surface area contributed by atoms with Crippen molar-refractivity contribution >= 4 is 35.0 Å². The van der Waals surface area contributed by atoms with E-state index >= 15 is 0 Å². The van der Waals surface area contributed by atoms with Crippen LogP contribution in [0.5, 0.6) is 0 Å². The van der Waals surface area contributed by atoms with Gasteiger partial charge in [0.05, 0.1) is 0 Å². The second-order valence-electron chi connectivity index (χ2n) is 2.95. The van der Waals surface area contributed by atoms with Crippen LogP contribution in [-0.4, -0.2) is 5.37 Å². The molecule has 0 aliphatic carbocycles. The fourth-order valence-corrected chi connectivity index (χ4v) is 2.13. The Morgan fingerprint density at radius 2 is 2.31 bits per heavy atom. The zero-order valence-corrected chi connectivity index (χ0v) is 9.46. The number of thiophene rings is 1. The highest BCUT2D eigenvalue weighted by molar-refractivity contribution is 7.79. The van der Waals surface area contributed by atoms with Gasteiger partial charge in [-0.25, -0.2) is 0 Å². The second-order valence-corrected chi connectivity index (χ2v) is 3.97. The molecular formula is C11H14S2. The Bertz CT molecular complexity index is 284. The van der Waals surface area contributed by atoms with Gasteiger partial charge in [0, 0.05) is 5.37 Å². The molecule has 0 radical (unpaired) electrons. The van der Waals surface area contributed by atoms with E-state index < -0.39 is 0 Å². The first-order chi connectivity index (χ1) is 6.38. The number of unbranched alkanes of at least 4 members (excludes halogenated alkanes) is 1. The summed E-state index contributed by atoms with van der Waals surface area (Å²) in [7, 11) is 0. The van der Waals surface area contributed by atoms with Crippen molar-refractivity contribution in [3.05, 3.63) is 28.0 Å². The minimum absolute atomic E-state index is 1.19. The summed E-state index contributed by atoms with van der Waals surface area (Å²) in [5.74, 6) is 0. The molecule has 1 aromatic heterocycles. The van der Waals surface area contributed by atoms with Gasteiger partial charge in [0.15, 0.2) is 0 Å². The number of allylic oxidation sites excluding steroid dienone is 1. The summed E-state index contributed by atoms with van der Waals surface area (Å²) in [5.41, 5.74) is 2.79. The molecule has 0 unspecified atom stereocenters. The molecule has 0 aliphatic rings. The van der Waals surface area contributed by atoms with Crippen LogP contribution in [-0.2, 0) is 6.42 Å². The molecule has 0 spiro atoms. The third-order valence-corrected chi connectivity index (χ3v) is 2.90. The van der Waals surface area contributed by atoms with Crippen LogP contribution >= 0.6 is 23.6 Å². The Kier molecular flexibility index (Phi) is 4.94. The molecular weight excluding hydrogens is 196 g/mol. The highest BCUT2D eigenvalue weighted by atomic mass is 32.1. The Labute approximate surface area is 89.3 Å². The van der Waals surface area contributed by atoms with Gasteiger partial charge < -0.3 is 0 Å². The van der Waals surface area contributed by atoms with E-state index in [0.717, 1.165) is 0 Å². The maximum absolute atomic E-state index is 4.75. The molecule has 0 N–H and O–H groups in total. The van der Waals surface area contributed by atoms with Crippen molar-refractivity contribution in [3.8, 4) is 0 Å². The van der Waals surface area contributed by atoms with Crippen molar-refractivity contribution in [1.82, 2.24) is 0 Å². The minimum Gasteiger partial charge on any atom is -0.152 e. The molecule has 0 aliphatic heterocycles. The van der Waals surface area contributed by atoms with Gasteiger partial charge in [0.25, 0.3) is 0 Å². The van der Waals surface area contributed by atoms with Crippen molar-refractivity contribution in [2.45, 2.75) is 26.2 Å². The minimum atomic E-state index is 1.19. The van der Waals surface area contributed by atoms with Gasteiger partial charge in [-0.3, -0.25) is 0 Å². The first kappa shape index (κ1) is 10.6. The molecule has 0 saturated carbocycles. The summed E-state index contributed by atoms with van der Waals surface area (Å²) in [6, 6.07) is 0. The van der Waals surface area contributed by atoms with E-state index in [1.807, 2.05) is 6.08 Å². The number of aryl methyl sites for hydroxylation is 1. The summed E-state index contributed by atoms with van der Waals surface area (Å²) in [6.45, 7) is 2.22. The lowest BCUT2D eigenvalue weighted by molar-refractivity contribution is 0.796. The highest BCUT2D eigenvalue weighted by Crippen LogP contribution is 2.18.